The van der Waals surface area contributed by atoms with Crippen molar-refractivity contribution in [2.75, 3.05) is 0 Å². The molecule has 166 valence electrons. The van der Waals surface area contributed by atoms with Crippen LogP contribution >= 0.6 is 0 Å². The van der Waals surface area contributed by atoms with E-state index in [2.05, 4.69) is 40.7 Å². The molecule has 0 fully saturated rings. The number of aromatic hydroxyl groups is 2. The minimum absolute atomic E-state index is 0.256. The lowest BCUT2D eigenvalue weighted by Gasteiger charge is -2.15. The Morgan fingerprint density at radius 3 is 1.97 bits per heavy atom. The fourth-order valence-electron chi connectivity index (χ4n) is 3.98. The largest absolute Gasteiger partial charge is 0.508 e. The van der Waals surface area contributed by atoms with Gasteiger partial charge in [-0.1, -0.05) is 84.3 Å². The molecule has 0 aliphatic heterocycles. The van der Waals surface area contributed by atoms with Crippen LogP contribution in [0.2, 0.25) is 0 Å². The van der Waals surface area contributed by atoms with Gasteiger partial charge in [0, 0.05) is 5.56 Å². The van der Waals surface area contributed by atoms with E-state index in [0.29, 0.717) is 12.0 Å². The van der Waals surface area contributed by atoms with Gasteiger partial charge in [0.05, 0.1) is 0 Å². The number of phenols is 2. The zero-order valence-electron chi connectivity index (χ0n) is 19.9. The van der Waals surface area contributed by atoms with Gasteiger partial charge in [0.25, 0.3) is 0 Å². The van der Waals surface area contributed by atoms with Crippen molar-refractivity contribution < 1.29 is 10.2 Å². The molecule has 2 heteroatoms. The van der Waals surface area contributed by atoms with Crippen LogP contribution in [-0.2, 0) is 6.42 Å². The minimum atomic E-state index is 0.256. The highest BCUT2D eigenvalue weighted by molar-refractivity contribution is 5.45. The van der Waals surface area contributed by atoms with Crippen LogP contribution in [0.25, 0.3) is 0 Å². The second kappa shape index (κ2) is 13.7. The predicted octanol–water partition coefficient (Wildman–Crippen LogP) is 8.33. The normalized spacial score (nSPS) is 14.4. The highest BCUT2D eigenvalue weighted by Gasteiger charge is 2.07. The summed E-state index contributed by atoms with van der Waals surface area (Å²) in [4.78, 5) is 0. The van der Waals surface area contributed by atoms with Gasteiger partial charge < -0.3 is 10.2 Å². The van der Waals surface area contributed by atoms with E-state index in [1.54, 1.807) is 19.1 Å². The van der Waals surface area contributed by atoms with Crippen LogP contribution in [0, 0.1) is 24.7 Å². The maximum Gasteiger partial charge on any atom is 0.119 e. The second-order valence-electron chi connectivity index (χ2n) is 9.88. The van der Waals surface area contributed by atoms with Crippen LogP contribution < -0.4 is 0 Å². The quantitative estimate of drug-likeness (QED) is 0.242. The Morgan fingerprint density at radius 1 is 0.828 bits per heavy atom. The van der Waals surface area contributed by atoms with Gasteiger partial charge in [0.15, 0.2) is 0 Å². The summed E-state index contributed by atoms with van der Waals surface area (Å²) in [7, 11) is 0. The van der Waals surface area contributed by atoms with Gasteiger partial charge in [-0.3, -0.25) is 0 Å². The van der Waals surface area contributed by atoms with Crippen molar-refractivity contribution in [2.24, 2.45) is 17.8 Å². The van der Waals surface area contributed by atoms with Crippen LogP contribution in [0.1, 0.15) is 104 Å². The highest BCUT2D eigenvalue weighted by atomic mass is 16.3. The standard InChI is InChI=1S/C27H46O2/c1-20(2)10-7-11-21(3)12-8-13-22(4)14-9-15-23(5)16-17-25-19-26(28)24(6)18-27(25)29/h16,18-22,28-29H,7-15,17H2,1-6H3. The van der Waals surface area contributed by atoms with Crippen molar-refractivity contribution >= 4 is 0 Å². The average Bonchev–Trinajstić information content (AvgIpc) is 2.63. The van der Waals surface area contributed by atoms with Crippen LogP contribution in [0.5, 0.6) is 11.5 Å². The maximum absolute atomic E-state index is 10.0. The first-order valence-electron chi connectivity index (χ1n) is 11.9. The van der Waals surface area contributed by atoms with E-state index in [4.69, 9.17) is 0 Å². The smallest absolute Gasteiger partial charge is 0.119 e. The molecule has 0 aromatic heterocycles. The molecule has 1 aromatic carbocycles. The highest BCUT2D eigenvalue weighted by Crippen LogP contribution is 2.27. The summed E-state index contributed by atoms with van der Waals surface area (Å²) in [5.41, 5.74) is 2.88. The first kappa shape index (κ1) is 25.6. The van der Waals surface area contributed by atoms with E-state index >= 15 is 0 Å². The number of allylic oxidation sites excluding steroid dienone is 2. The SMILES string of the molecule is CC(=CCc1cc(O)c(C)cc1O)CCCC(C)CCCC(C)CCCC(C)C. The molecule has 0 saturated heterocycles. The molecular weight excluding hydrogens is 356 g/mol. The van der Waals surface area contributed by atoms with Crippen LogP contribution in [0.4, 0.5) is 0 Å². The average molecular weight is 403 g/mol. The third-order valence-electron chi connectivity index (χ3n) is 6.21. The molecule has 0 spiro atoms. The molecule has 2 N–H and O–H groups in total. The van der Waals surface area contributed by atoms with Gasteiger partial charge in [-0.25, -0.2) is 0 Å². The Kier molecular flexibility index (Phi) is 12.1. The lowest BCUT2D eigenvalue weighted by Crippen LogP contribution is -2.00. The molecule has 0 aliphatic rings. The number of hydrogen-bond donors (Lipinski definition) is 2. The predicted molar refractivity (Wildman–Crippen MR) is 127 cm³/mol. The Hall–Kier alpha value is -1.44. The fourth-order valence-corrected chi connectivity index (χ4v) is 3.98. The first-order chi connectivity index (χ1) is 13.7. The van der Waals surface area contributed by atoms with Crippen LogP contribution in [0.15, 0.2) is 23.8 Å². The third-order valence-corrected chi connectivity index (χ3v) is 6.21. The maximum atomic E-state index is 10.0. The molecule has 0 bridgehead atoms. The molecule has 2 nitrogen and oxygen atoms in total. The molecule has 0 aliphatic carbocycles. The monoisotopic (exact) mass is 402 g/mol. The van der Waals surface area contributed by atoms with Gasteiger partial charge in [0.2, 0.25) is 0 Å². The van der Waals surface area contributed by atoms with Crippen molar-refractivity contribution in [1.29, 1.82) is 0 Å². The summed E-state index contributed by atoms with van der Waals surface area (Å²) in [6, 6.07) is 3.32. The van der Waals surface area contributed by atoms with Crippen molar-refractivity contribution in [1.82, 2.24) is 0 Å². The number of aryl methyl sites for hydroxylation is 1. The van der Waals surface area contributed by atoms with Crippen molar-refractivity contribution in [3.8, 4) is 11.5 Å². The van der Waals surface area contributed by atoms with Crippen LogP contribution in [0.3, 0.4) is 0 Å². The van der Waals surface area contributed by atoms with Gasteiger partial charge in [-0.05, 0) is 68.6 Å². The summed E-state index contributed by atoms with van der Waals surface area (Å²) >= 11 is 0. The number of rotatable bonds is 14. The number of phenolic OH excluding ortho intramolecular Hbond substituents is 2. The van der Waals surface area contributed by atoms with Gasteiger partial charge in [0.1, 0.15) is 11.5 Å². The summed E-state index contributed by atoms with van der Waals surface area (Å²) in [6.07, 6.45) is 14.8. The molecule has 0 radical (unpaired) electrons. The molecule has 1 aromatic rings. The Bertz CT molecular complexity index is 615. The first-order valence-corrected chi connectivity index (χ1v) is 11.9. The van der Waals surface area contributed by atoms with Gasteiger partial charge >= 0.3 is 0 Å². The molecule has 2 atom stereocenters. The summed E-state index contributed by atoms with van der Waals surface area (Å²) < 4.78 is 0. The molecule has 2 unspecified atom stereocenters. The van der Waals surface area contributed by atoms with E-state index in [-0.39, 0.29) is 11.5 Å². The molecule has 1 rings (SSSR count). The lowest BCUT2D eigenvalue weighted by molar-refractivity contribution is 0.389. The molecule has 0 amide bonds. The van der Waals surface area contributed by atoms with E-state index < -0.39 is 0 Å². The third kappa shape index (κ3) is 11.4. The Morgan fingerprint density at radius 2 is 1.38 bits per heavy atom. The van der Waals surface area contributed by atoms with Crippen molar-refractivity contribution in [3.63, 3.8) is 0 Å². The van der Waals surface area contributed by atoms with Crippen molar-refractivity contribution in [3.05, 3.63) is 34.9 Å². The number of hydrogen-bond acceptors (Lipinski definition) is 2. The Labute approximate surface area is 180 Å². The van der Waals surface area contributed by atoms with Gasteiger partial charge in [-0.15, -0.1) is 0 Å². The molecule has 29 heavy (non-hydrogen) atoms. The summed E-state index contributed by atoms with van der Waals surface area (Å²) in [5.74, 6) is 3.06. The second-order valence-corrected chi connectivity index (χ2v) is 9.88. The Balaban J connectivity index is 2.20. The van der Waals surface area contributed by atoms with E-state index in [0.717, 1.165) is 29.7 Å². The van der Waals surface area contributed by atoms with E-state index in [1.807, 2.05) is 0 Å². The minimum Gasteiger partial charge on any atom is -0.508 e. The molecular formula is C27H46O2. The van der Waals surface area contributed by atoms with Crippen molar-refractivity contribution in [2.45, 2.75) is 106 Å². The molecule has 0 heterocycles. The summed E-state index contributed by atoms with van der Waals surface area (Å²) in [6.45, 7) is 13.4. The lowest BCUT2D eigenvalue weighted by atomic mass is 9.91. The topological polar surface area (TPSA) is 40.5 Å². The van der Waals surface area contributed by atoms with Gasteiger partial charge in [-0.2, -0.15) is 0 Å². The fraction of sp³-hybridized carbons (Fsp3) is 0.704. The summed E-state index contributed by atoms with van der Waals surface area (Å²) in [5, 5.41) is 19.9. The zero-order valence-corrected chi connectivity index (χ0v) is 19.9. The molecule has 0 saturated carbocycles. The van der Waals surface area contributed by atoms with Crippen LogP contribution in [-0.4, -0.2) is 10.2 Å². The van der Waals surface area contributed by atoms with E-state index in [1.165, 1.54) is 56.9 Å². The van der Waals surface area contributed by atoms with E-state index in [9.17, 15) is 10.2 Å². The zero-order chi connectivity index (χ0) is 21.8. The number of benzene rings is 1.